The number of aromatic nitrogens is 3. The van der Waals surface area contributed by atoms with E-state index in [0.717, 1.165) is 16.8 Å². The first kappa shape index (κ1) is 13.2. The molecule has 1 aromatic heterocycles. The Balaban J connectivity index is 2.28. The van der Waals surface area contributed by atoms with Crippen LogP contribution in [0.1, 0.15) is 5.56 Å². The predicted molar refractivity (Wildman–Crippen MR) is 81.6 cm³/mol. The van der Waals surface area contributed by atoms with Crippen molar-refractivity contribution in [3.8, 4) is 17.1 Å². The van der Waals surface area contributed by atoms with Gasteiger partial charge in [0.1, 0.15) is 0 Å². The van der Waals surface area contributed by atoms with Crippen LogP contribution in [0.3, 0.4) is 0 Å². The largest absolute Gasteiger partial charge is 0.264 e. The molecule has 0 fully saturated rings. The molecule has 1 heterocycles. The van der Waals surface area contributed by atoms with Crippen LogP contribution in [0.25, 0.3) is 17.1 Å². The van der Waals surface area contributed by atoms with Crippen molar-refractivity contribution in [3.05, 3.63) is 64.4 Å². The molecule has 0 aliphatic carbocycles. The zero-order valence-electron chi connectivity index (χ0n) is 10.7. The number of aryl methyl sites for hydroxylation is 1. The zero-order valence-corrected chi connectivity index (χ0v) is 12.2. The van der Waals surface area contributed by atoms with Gasteiger partial charge in [0.15, 0.2) is 5.82 Å². The lowest BCUT2D eigenvalue weighted by Crippen LogP contribution is -2.01. The Morgan fingerprint density at radius 2 is 1.65 bits per heavy atom. The molecule has 0 N–H and O–H groups in total. The summed E-state index contributed by atoms with van der Waals surface area (Å²) in [5, 5.41) is 9.04. The van der Waals surface area contributed by atoms with Crippen LogP contribution in [0.4, 0.5) is 0 Å². The first-order chi connectivity index (χ1) is 9.68. The van der Waals surface area contributed by atoms with Crippen LogP contribution in [0.2, 0.25) is 10.3 Å². The van der Waals surface area contributed by atoms with Crippen molar-refractivity contribution in [2.75, 3.05) is 0 Å². The molecule has 3 aromatic rings. The second-order valence-corrected chi connectivity index (χ2v) is 5.14. The summed E-state index contributed by atoms with van der Waals surface area (Å²) >= 11 is 12.5. The standard InChI is InChI=1S/C15H11Cl2N3/c1-10-6-5-9-12(16)13(10)20-14(18-19-15(20)17)11-7-3-2-4-8-11/h2-9H,1H3. The molecule has 3 nitrogen and oxygen atoms in total. The zero-order chi connectivity index (χ0) is 14.1. The first-order valence-electron chi connectivity index (χ1n) is 6.10. The molecule has 0 radical (unpaired) electrons. The van der Waals surface area contributed by atoms with E-state index in [9.17, 15) is 0 Å². The minimum atomic E-state index is 0.292. The average molecular weight is 304 g/mol. The highest BCUT2D eigenvalue weighted by Gasteiger charge is 2.17. The van der Waals surface area contributed by atoms with Crippen molar-refractivity contribution >= 4 is 23.2 Å². The Morgan fingerprint density at radius 1 is 0.900 bits per heavy atom. The molecule has 20 heavy (non-hydrogen) atoms. The Bertz CT molecular complexity index is 731. The summed E-state index contributed by atoms with van der Waals surface area (Å²) in [6.07, 6.45) is 0. The summed E-state index contributed by atoms with van der Waals surface area (Å²) in [6.45, 7) is 1.98. The molecule has 0 saturated carbocycles. The van der Waals surface area contributed by atoms with Crippen LogP contribution in [0.5, 0.6) is 0 Å². The van der Waals surface area contributed by atoms with Crippen molar-refractivity contribution in [2.24, 2.45) is 0 Å². The molecule has 0 aliphatic heterocycles. The van der Waals surface area contributed by atoms with E-state index in [2.05, 4.69) is 10.2 Å². The van der Waals surface area contributed by atoms with E-state index >= 15 is 0 Å². The van der Waals surface area contributed by atoms with Gasteiger partial charge in [-0.3, -0.25) is 4.57 Å². The number of benzene rings is 2. The summed E-state index contributed by atoms with van der Waals surface area (Å²) < 4.78 is 1.77. The fraction of sp³-hybridized carbons (Fsp3) is 0.0667. The fourth-order valence-corrected chi connectivity index (χ4v) is 2.65. The van der Waals surface area contributed by atoms with Crippen LogP contribution in [0, 0.1) is 6.92 Å². The minimum absolute atomic E-state index is 0.292. The van der Waals surface area contributed by atoms with Gasteiger partial charge in [-0.15, -0.1) is 10.2 Å². The number of hydrogen-bond acceptors (Lipinski definition) is 2. The van der Waals surface area contributed by atoms with Crippen molar-refractivity contribution in [1.29, 1.82) is 0 Å². The maximum Gasteiger partial charge on any atom is 0.230 e. The number of rotatable bonds is 2. The van der Waals surface area contributed by atoms with Gasteiger partial charge in [0, 0.05) is 5.56 Å². The summed E-state index contributed by atoms with van der Waals surface area (Å²) in [4.78, 5) is 0. The van der Waals surface area contributed by atoms with Gasteiger partial charge in [-0.25, -0.2) is 0 Å². The molecule has 5 heteroatoms. The number of hydrogen-bond donors (Lipinski definition) is 0. The quantitative estimate of drug-likeness (QED) is 0.695. The lowest BCUT2D eigenvalue weighted by molar-refractivity contribution is 1.05. The third kappa shape index (κ3) is 2.19. The van der Waals surface area contributed by atoms with E-state index in [1.807, 2.05) is 55.5 Å². The normalized spacial score (nSPS) is 10.8. The van der Waals surface area contributed by atoms with Gasteiger partial charge in [-0.1, -0.05) is 54.1 Å². The number of halogens is 2. The molecule has 2 aromatic carbocycles. The predicted octanol–water partition coefficient (Wildman–Crippen LogP) is 4.55. The van der Waals surface area contributed by atoms with Crippen LogP contribution in [-0.2, 0) is 0 Å². The highest BCUT2D eigenvalue weighted by Crippen LogP contribution is 2.31. The molecule has 0 unspecified atom stereocenters. The summed E-state index contributed by atoms with van der Waals surface area (Å²) in [5.41, 5.74) is 2.76. The smallest absolute Gasteiger partial charge is 0.230 e. The van der Waals surface area contributed by atoms with E-state index in [1.165, 1.54) is 0 Å². The second kappa shape index (κ2) is 5.27. The van der Waals surface area contributed by atoms with Gasteiger partial charge in [-0.05, 0) is 30.2 Å². The van der Waals surface area contributed by atoms with Crippen LogP contribution in [-0.4, -0.2) is 14.8 Å². The number of para-hydroxylation sites is 1. The van der Waals surface area contributed by atoms with Crippen molar-refractivity contribution < 1.29 is 0 Å². The third-order valence-corrected chi connectivity index (χ3v) is 3.62. The van der Waals surface area contributed by atoms with E-state index < -0.39 is 0 Å². The SMILES string of the molecule is Cc1cccc(Cl)c1-n1c(Cl)nnc1-c1ccccc1. The molecular weight excluding hydrogens is 293 g/mol. The lowest BCUT2D eigenvalue weighted by Gasteiger charge is -2.12. The van der Waals surface area contributed by atoms with E-state index in [-0.39, 0.29) is 0 Å². The van der Waals surface area contributed by atoms with E-state index in [1.54, 1.807) is 4.57 Å². The van der Waals surface area contributed by atoms with Crippen LogP contribution >= 0.6 is 23.2 Å². The average Bonchev–Trinajstić information content (AvgIpc) is 2.82. The van der Waals surface area contributed by atoms with Gasteiger partial charge in [-0.2, -0.15) is 0 Å². The molecule has 100 valence electrons. The van der Waals surface area contributed by atoms with Crippen molar-refractivity contribution in [2.45, 2.75) is 6.92 Å². The van der Waals surface area contributed by atoms with Crippen LogP contribution < -0.4 is 0 Å². The van der Waals surface area contributed by atoms with E-state index in [0.29, 0.717) is 16.1 Å². The Labute approximate surface area is 126 Å². The Kier molecular flexibility index (Phi) is 3.47. The van der Waals surface area contributed by atoms with Gasteiger partial charge in [0.2, 0.25) is 5.28 Å². The Morgan fingerprint density at radius 3 is 2.35 bits per heavy atom. The second-order valence-electron chi connectivity index (χ2n) is 4.40. The Hall–Kier alpha value is -1.84. The monoisotopic (exact) mass is 303 g/mol. The molecule has 3 rings (SSSR count). The fourth-order valence-electron chi connectivity index (χ4n) is 2.14. The highest BCUT2D eigenvalue weighted by atomic mass is 35.5. The maximum atomic E-state index is 6.32. The van der Waals surface area contributed by atoms with Crippen LogP contribution in [0.15, 0.2) is 48.5 Å². The van der Waals surface area contributed by atoms with Gasteiger partial charge >= 0.3 is 0 Å². The maximum absolute atomic E-state index is 6.32. The molecule has 0 bridgehead atoms. The summed E-state index contributed by atoms with van der Waals surface area (Å²) in [6, 6.07) is 15.5. The van der Waals surface area contributed by atoms with Crippen molar-refractivity contribution in [3.63, 3.8) is 0 Å². The van der Waals surface area contributed by atoms with Gasteiger partial charge in [0.05, 0.1) is 10.7 Å². The molecule has 0 aliphatic rings. The summed E-state index contributed by atoms with van der Waals surface area (Å²) in [5.74, 6) is 0.673. The van der Waals surface area contributed by atoms with E-state index in [4.69, 9.17) is 23.2 Å². The van der Waals surface area contributed by atoms with Crippen molar-refractivity contribution in [1.82, 2.24) is 14.8 Å². The molecule has 0 saturated heterocycles. The number of nitrogens with zero attached hydrogens (tertiary/aromatic N) is 3. The lowest BCUT2D eigenvalue weighted by atomic mass is 10.1. The molecule has 0 spiro atoms. The third-order valence-electron chi connectivity index (χ3n) is 3.07. The first-order valence-corrected chi connectivity index (χ1v) is 6.86. The van der Waals surface area contributed by atoms with Gasteiger partial charge < -0.3 is 0 Å². The highest BCUT2D eigenvalue weighted by molar-refractivity contribution is 6.33. The minimum Gasteiger partial charge on any atom is -0.264 e. The topological polar surface area (TPSA) is 30.7 Å². The van der Waals surface area contributed by atoms with Gasteiger partial charge in [0.25, 0.3) is 0 Å². The molecular formula is C15H11Cl2N3. The molecule has 0 amide bonds. The molecule has 0 atom stereocenters. The summed E-state index contributed by atoms with van der Waals surface area (Å²) in [7, 11) is 0.